The van der Waals surface area contributed by atoms with Crippen LogP contribution in [0.15, 0.2) is 65.6 Å². The Morgan fingerprint density at radius 2 is 1.76 bits per heavy atom. The highest BCUT2D eigenvalue weighted by Gasteiger charge is 2.09. The van der Waals surface area contributed by atoms with Gasteiger partial charge in [-0.2, -0.15) is 0 Å². The van der Waals surface area contributed by atoms with Crippen LogP contribution in [0.25, 0.3) is 11.2 Å². The Balaban J connectivity index is 1.42. The third kappa shape index (κ3) is 5.65. The van der Waals surface area contributed by atoms with Crippen molar-refractivity contribution in [3.05, 3.63) is 93.8 Å². The number of aromatic amines is 1. The van der Waals surface area contributed by atoms with Crippen molar-refractivity contribution in [3.8, 4) is 0 Å². The Morgan fingerprint density at radius 1 is 1.00 bits per heavy atom. The molecule has 4 aromatic rings. The Morgan fingerprint density at radius 3 is 2.48 bits per heavy atom. The van der Waals surface area contributed by atoms with Gasteiger partial charge in [-0.15, -0.1) is 0 Å². The number of rotatable bonds is 8. The molecule has 0 atom stereocenters. The number of nitrogens with zero attached hydrogens (tertiary/aromatic N) is 3. The fourth-order valence-electron chi connectivity index (χ4n) is 3.20. The molecule has 9 nitrogen and oxygen atoms in total. The van der Waals surface area contributed by atoms with Crippen LogP contribution in [-0.2, 0) is 17.8 Å². The summed E-state index contributed by atoms with van der Waals surface area (Å²) in [4.78, 5) is 51.4. The van der Waals surface area contributed by atoms with E-state index in [1.165, 1.54) is 6.92 Å². The minimum atomic E-state index is -0.332. The van der Waals surface area contributed by atoms with Gasteiger partial charge in [0.05, 0.1) is 25.0 Å². The van der Waals surface area contributed by atoms with Gasteiger partial charge < -0.3 is 15.6 Å². The van der Waals surface area contributed by atoms with E-state index in [0.717, 1.165) is 11.3 Å². The quantitative estimate of drug-likeness (QED) is 0.381. The van der Waals surface area contributed by atoms with Crippen LogP contribution in [-0.4, -0.2) is 38.2 Å². The Bertz CT molecular complexity index is 1350. The first kappa shape index (κ1) is 21.8. The number of hydrogen-bond acceptors (Lipinski definition) is 7. The number of Topliss-reactive ketones (excluding diaryl/α,β-unsaturated/α-hetero) is 1. The zero-order valence-electron chi connectivity index (χ0n) is 18.0. The predicted molar refractivity (Wildman–Crippen MR) is 124 cm³/mol. The summed E-state index contributed by atoms with van der Waals surface area (Å²) in [6.45, 7) is 1.75. The Kier molecular flexibility index (Phi) is 6.49. The monoisotopic (exact) mass is 442 g/mol. The summed E-state index contributed by atoms with van der Waals surface area (Å²) in [5, 5.41) is 5.73. The van der Waals surface area contributed by atoms with E-state index in [4.69, 9.17) is 0 Å². The van der Waals surface area contributed by atoms with Crippen molar-refractivity contribution in [3.63, 3.8) is 0 Å². The van der Waals surface area contributed by atoms with Gasteiger partial charge in [-0.3, -0.25) is 14.4 Å². The van der Waals surface area contributed by atoms with Crippen LogP contribution < -0.4 is 16.2 Å². The molecule has 0 spiro atoms. The van der Waals surface area contributed by atoms with Gasteiger partial charge in [0.1, 0.15) is 11.6 Å². The average Bonchev–Trinajstić information content (AvgIpc) is 2.82. The maximum atomic E-state index is 12.5. The molecule has 0 aliphatic rings. The van der Waals surface area contributed by atoms with Gasteiger partial charge in [0, 0.05) is 17.7 Å². The summed E-state index contributed by atoms with van der Waals surface area (Å²) in [6, 6.07) is 16.6. The van der Waals surface area contributed by atoms with Crippen LogP contribution in [0.3, 0.4) is 0 Å². The number of nitrogens with one attached hydrogen (secondary N) is 3. The lowest BCUT2D eigenvalue weighted by Crippen LogP contribution is -2.28. The van der Waals surface area contributed by atoms with Crippen LogP contribution in [0.4, 0.5) is 5.69 Å². The van der Waals surface area contributed by atoms with Crippen molar-refractivity contribution in [2.75, 3.05) is 11.9 Å². The summed E-state index contributed by atoms with van der Waals surface area (Å²) in [5.41, 5.74) is 2.99. The van der Waals surface area contributed by atoms with Crippen molar-refractivity contribution in [2.24, 2.45) is 0 Å². The van der Waals surface area contributed by atoms with E-state index in [0.29, 0.717) is 35.7 Å². The normalized spacial score (nSPS) is 10.7. The number of benzene rings is 2. The van der Waals surface area contributed by atoms with Gasteiger partial charge >= 0.3 is 0 Å². The van der Waals surface area contributed by atoms with Crippen molar-refractivity contribution < 1.29 is 9.59 Å². The van der Waals surface area contributed by atoms with Crippen LogP contribution in [0, 0.1) is 0 Å². The number of H-pyrrole nitrogens is 1. The molecule has 0 radical (unpaired) electrons. The number of aromatic nitrogens is 4. The van der Waals surface area contributed by atoms with Crippen LogP contribution >= 0.6 is 0 Å². The molecule has 3 N–H and O–H groups in total. The van der Waals surface area contributed by atoms with Gasteiger partial charge in [0.15, 0.2) is 11.2 Å². The second kappa shape index (κ2) is 9.82. The van der Waals surface area contributed by atoms with E-state index in [1.807, 2.05) is 30.3 Å². The fourth-order valence-corrected chi connectivity index (χ4v) is 3.20. The molecule has 9 heteroatoms. The molecule has 2 heterocycles. The lowest BCUT2D eigenvalue weighted by molar-refractivity contribution is -0.116. The van der Waals surface area contributed by atoms with E-state index < -0.39 is 0 Å². The first-order chi connectivity index (χ1) is 16.0. The van der Waals surface area contributed by atoms with Crippen molar-refractivity contribution in [1.82, 2.24) is 25.3 Å². The second-order valence-corrected chi connectivity index (χ2v) is 7.52. The molecule has 2 aromatic carbocycles. The summed E-state index contributed by atoms with van der Waals surface area (Å²) in [5.74, 6) is 0.112. The number of carbonyl (C=O) groups excluding carboxylic acids is 2. The molecule has 0 saturated carbocycles. The molecule has 0 fully saturated rings. The lowest BCUT2D eigenvalue weighted by atomic mass is 10.1. The topological polar surface area (TPSA) is 130 Å². The number of anilines is 1. The van der Waals surface area contributed by atoms with E-state index in [1.54, 1.807) is 30.5 Å². The smallest absolute Gasteiger partial charge is 0.279 e. The molecule has 0 unspecified atom stereocenters. The molecular weight excluding hydrogens is 420 g/mol. The maximum Gasteiger partial charge on any atom is 0.279 e. The molecule has 0 aliphatic heterocycles. The Hall–Kier alpha value is -4.40. The molecule has 0 aliphatic carbocycles. The average molecular weight is 442 g/mol. The number of ketones is 1. The molecule has 2 aromatic heterocycles. The molecule has 1 amide bonds. The van der Waals surface area contributed by atoms with Gasteiger partial charge in [-0.05, 0) is 36.8 Å². The molecule has 0 bridgehead atoms. The van der Waals surface area contributed by atoms with Crippen LogP contribution in [0.1, 0.15) is 34.4 Å². The summed E-state index contributed by atoms with van der Waals surface area (Å²) >= 11 is 0. The molecular formula is C24H22N6O3. The lowest BCUT2D eigenvalue weighted by Gasteiger charge is -2.08. The predicted octanol–water partition coefficient (Wildman–Crippen LogP) is 2.23. The van der Waals surface area contributed by atoms with Crippen molar-refractivity contribution >= 4 is 28.5 Å². The Labute approximate surface area is 189 Å². The first-order valence-electron chi connectivity index (χ1n) is 10.4. The molecule has 0 saturated heterocycles. The highest BCUT2D eigenvalue weighted by Crippen LogP contribution is 2.12. The van der Waals surface area contributed by atoms with Crippen LogP contribution in [0.2, 0.25) is 0 Å². The fraction of sp³-hybridized carbons (Fsp3) is 0.167. The van der Waals surface area contributed by atoms with Crippen molar-refractivity contribution in [2.45, 2.75) is 19.9 Å². The zero-order chi connectivity index (χ0) is 23.2. The van der Waals surface area contributed by atoms with E-state index >= 15 is 0 Å². The molecule has 166 valence electrons. The minimum Gasteiger partial charge on any atom is -0.379 e. The third-order valence-electron chi connectivity index (χ3n) is 4.85. The third-order valence-corrected chi connectivity index (χ3v) is 4.85. The summed E-state index contributed by atoms with van der Waals surface area (Å²) in [6.07, 6.45) is 2.08. The first-order valence-corrected chi connectivity index (χ1v) is 10.4. The molecule has 4 rings (SSSR count). The number of fused-ring (bicyclic) bond motifs is 1. The van der Waals surface area contributed by atoms with Gasteiger partial charge in [-0.25, -0.2) is 15.0 Å². The standard InChI is InChI=1S/C24H22N6O3/c1-15(31)12-27-23(32)17-7-9-18(10-8-17)25-13-19-14-26-22-21(28-19)24(33)30-20(29-22)11-16-5-3-2-4-6-16/h2-10,14,25H,11-13H2,1H3,(H,27,32)(H,26,29,30,33). The maximum absolute atomic E-state index is 12.5. The SMILES string of the molecule is CC(=O)CNC(=O)c1ccc(NCc2cnc3nc(Cc4ccccc4)[nH]c(=O)c3n2)cc1. The second-order valence-electron chi connectivity index (χ2n) is 7.52. The largest absolute Gasteiger partial charge is 0.379 e. The van der Waals surface area contributed by atoms with Gasteiger partial charge in [0.2, 0.25) is 0 Å². The summed E-state index contributed by atoms with van der Waals surface area (Å²) in [7, 11) is 0. The number of amides is 1. The van der Waals surface area contributed by atoms with E-state index in [2.05, 4.69) is 30.6 Å². The zero-order valence-corrected chi connectivity index (χ0v) is 18.0. The number of carbonyl (C=O) groups is 2. The number of hydrogen-bond donors (Lipinski definition) is 3. The van der Waals surface area contributed by atoms with E-state index in [9.17, 15) is 14.4 Å². The summed E-state index contributed by atoms with van der Waals surface area (Å²) < 4.78 is 0. The van der Waals surface area contributed by atoms with Gasteiger partial charge in [-0.1, -0.05) is 30.3 Å². The highest BCUT2D eigenvalue weighted by atomic mass is 16.2. The van der Waals surface area contributed by atoms with Crippen LogP contribution in [0.5, 0.6) is 0 Å². The minimum absolute atomic E-state index is 0.00120. The van der Waals surface area contributed by atoms with E-state index in [-0.39, 0.29) is 29.3 Å². The highest BCUT2D eigenvalue weighted by molar-refractivity contribution is 5.96. The van der Waals surface area contributed by atoms with Crippen molar-refractivity contribution in [1.29, 1.82) is 0 Å². The van der Waals surface area contributed by atoms with Gasteiger partial charge in [0.25, 0.3) is 11.5 Å². The molecule has 33 heavy (non-hydrogen) atoms.